The minimum Gasteiger partial charge on any atom is -0.377 e. The Labute approximate surface area is 102 Å². The van der Waals surface area contributed by atoms with Crippen molar-refractivity contribution in [2.24, 2.45) is 11.3 Å². The Morgan fingerprint density at radius 1 is 1.56 bits per heavy atom. The highest BCUT2D eigenvalue weighted by Gasteiger charge is 2.42. The summed E-state index contributed by atoms with van der Waals surface area (Å²) in [6.45, 7) is 3.52. The molecule has 1 N–H and O–H groups in total. The van der Waals surface area contributed by atoms with Crippen molar-refractivity contribution in [3.05, 3.63) is 0 Å². The number of carbonyl (C=O) groups excluding carboxylic acids is 1. The molecule has 1 saturated heterocycles. The van der Waals surface area contributed by atoms with Gasteiger partial charge in [0, 0.05) is 24.4 Å². The van der Waals surface area contributed by atoms with Gasteiger partial charge in [0.1, 0.15) is 0 Å². The largest absolute Gasteiger partial charge is 0.377 e. The average molecular weight is 246 g/mol. The van der Waals surface area contributed by atoms with Crippen molar-refractivity contribution in [3.8, 4) is 0 Å². The molecule has 1 aliphatic heterocycles. The number of amides is 1. The quantitative estimate of drug-likeness (QED) is 0.752. The van der Waals surface area contributed by atoms with Crippen molar-refractivity contribution in [1.82, 2.24) is 5.32 Å². The van der Waals surface area contributed by atoms with Gasteiger partial charge < -0.3 is 10.1 Å². The fourth-order valence-electron chi connectivity index (χ4n) is 2.29. The molecule has 4 heteroatoms. The van der Waals surface area contributed by atoms with Gasteiger partial charge in [0.05, 0.1) is 12.0 Å². The maximum Gasteiger partial charge on any atom is 0.225 e. The Kier molecular flexibility index (Phi) is 3.75. The number of rotatable bonds is 5. The molecule has 2 unspecified atom stereocenters. The fraction of sp³-hybridized carbons (Fsp3) is 0.917. The van der Waals surface area contributed by atoms with Crippen LogP contribution in [0.1, 0.15) is 32.6 Å². The lowest BCUT2D eigenvalue weighted by molar-refractivity contribution is -0.126. The average Bonchev–Trinajstić information content (AvgIpc) is 2.94. The molecule has 92 valence electrons. The first kappa shape index (κ1) is 12.2. The monoisotopic (exact) mass is 245 g/mol. The second-order valence-corrected chi connectivity index (χ2v) is 5.33. The smallest absolute Gasteiger partial charge is 0.225 e. The van der Waals surface area contributed by atoms with E-state index in [2.05, 4.69) is 12.2 Å². The Morgan fingerprint density at radius 2 is 2.31 bits per heavy atom. The van der Waals surface area contributed by atoms with Crippen molar-refractivity contribution < 1.29 is 9.53 Å². The lowest BCUT2D eigenvalue weighted by atomic mass is 9.98. The standard InChI is InChI=1S/C12H20ClNO2/c1-2-10-9(3-6-16-10)11(15)14-8-12(7-13)4-5-12/h9-10H,2-8H2,1H3,(H,14,15). The van der Waals surface area contributed by atoms with Crippen molar-refractivity contribution >= 4 is 17.5 Å². The highest BCUT2D eigenvalue weighted by atomic mass is 35.5. The third-order valence-corrected chi connectivity index (χ3v) is 4.39. The maximum atomic E-state index is 12.0. The van der Waals surface area contributed by atoms with Gasteiger partial charge in [-0.15, -0.1) is 11.6 Å². The molecule has 3 nitrogen and oxygen atoms in total. The number of halogens is 1. The zero-order valence-corrected chi connectivity index (χ0v) is 10.6. The molecule has 2 aliphatic rings. The van der Waals surface area contributed by atoms with Crippen LogP contribution in [0.25, 0.3) is 0 Å². The molecule has 1 amide bonds. The Balaban J connectivity index is 1.79. The molecule has 0 radical (unpaired) electrons. The molecule has 1 aliphatic carbocycles. The van der Waals surface area contributed by atoms with E-state index in [9.17, 15) is 4.79 Å². The van der Waals surface area contributed by atoms with E-state index in [1.165, 1.54) is 0 Å². The zero-order chi connectivity index (χ0) is 11.6. The highest BCUT2D eigenvalue weighted by Crippen LogP contribution is 2.45. The first-order valence-corrected chi connectivity index (χ1v) is 6.69. The molecule has 16 heavy (non-hydrogen) atoms. The van der Waals surface area contributed by atoms with E-state index in [4.69, 9.17) is 16.3 Å². The van der Waals surface area contributed by atoms with E-state index < -0.39 is 0 Å². The second-order valence-electron chi connectivity index (χ2n) is 5.06. The highest BCUT2D eigenvalue weighted by molar-refractivity contribution is 6.18. The normalized spacial score (nSPS) is 31.4. The summed E-state index contributed by atoms with van der Waals surface area (Å²) in [5, 5.41) is 3.04. The van der Waals surface area contributed by atoms with Crippen molar-refractivity contribution in [1.29, 1.82) is 0 Å². The predicted octanol–water partition coefficient (Wildman–Crippen LogP) is 1.94. The molecule has 2 fully saturated rings. The maximum absolute atomic E-state index is 12.0. The van der Waals surface area contributed by atoms with Crippen LogP contribution in [-0.4, -0.2) is 31.0 Å². The van der Waals surface area contributed by atoms with Crippen LogP contribution in [0, 0.1) is 11.3 Å². The van der Waals surface area contributed by atoms with Crippen LogP contribution in [-0.2, 0) is 9.53 Å². The Hall–Kier alpha value is -0.280. The van der Waals surface area contributed by atoms with Gasteiger partial charge in [0.25, 0.3) is 0 Å². The van der Waals surface area contributed by atoms with E-state index in [1.54, 1.807) is 0 Å². The third kappa shape index (κ3) is 2.51. The summed E-state index contributed by atoms with van der Waals surface area (Å²) >= 11 is 5.88. The van der Waals surface area contributed by atoms with Gasteiger partial charge in [0.2, 0.25) is 5.91 Å². The lowest BCUT2D eigenvalue weighted by Gasteiger charge is -2.18. The van der Waals surface area contributed by atoms with E-state index in [0.717, 1.165) is 38.8 Å². The SMILES string of the molecule is CCC1OCCC1C(=O)NCC1(CCl)CC1. The van der Waals surface area contributed by atoms with E-state index in [-0.39, 0.29) is 23.3 Å². The van der Waals surface area contributed by atoms with Gasteiger partial charge in [-0.3, -0.25) is 4.79 Å². The first-order chi connectivity index (χ1) is 7.71. The predicted molar refractivity (Wildman–Crippen MR) is 63.5 cm³/mol. The zero-order valence-electron chi connectivity index (χ0n) is 9.80. The van der Waals surface area contributed by atoms with Gasteiger partial charge in [-0.05, 0) is 25.7 Å². The number of carbonyl (C=O) groups is 1. The molecule has 0 aromatic rings. The third-order valence-electron chi connectivity index (χ3n) is 3.83. The molecular formula is C12H20ClNO2. The van der Waals surface area contributed by atoms with Crippen LogP contribution in [0.5, 0.6) is 0 Å². The topological polar surface area (TPSA) is 38.3 Å². The number of hydrogen-bond donors (Lipinski definition) is 1. The minimum atomic E-state index is 0.0520. The first-order valence-electron chi connectivity index (χ1n) is 6.16. The summed E-state index contributed by atoms with van der Waals surface area (Å²) in [5.41, 5.74) is 0.207. The number of ether oxygens (including phenoxy) is 1. The molecule has 0 aromatic carbocycles. The van der Waals surface area contributed by atoms with Crippen LogP contribution < -0.4 is 5.32 Å². The van der Waals surface area contributed by atoms with Crippen molar-refractivity contribution in [2.45, 2.75) is 38.7 Å². The molecule has 2 rings (SSSR count). The lowest BCUT2D eigenvalue weighted by Crippen LogP contribution is -2.38. The van der Waals surface area contributed by atoms with Crippen LogP contribution in [0.3, 0.4) is 0 Å². The van der Waals surface area contributed by atoms with Crippen LogP contribution in [0.4, 0.5) is 0 Å². The van der Waals surface area contributed by atoms with Gasteiger partial charge in [0.15, 0.2) is 0 Å². The van der Waals surface area contributed by atoms with Crippen LogP contribution in [0.15, 0.2) is 0 Å². The minimum absolute atomic E-state index is 0.0520. The second kappa shape index (κ2) is 4.92. The van der Waals surface area contributed by atoms with Crippen molar-refractivity contribution in [2.75, 3.05) is 19.0 Å². The Morgan fingerprint density at radius 3 is 2.88 bits per heavy atom. The molecular weight excluding hydrogens is 226 g/mol. The van der Waals surface area contributed by atoms with Crippen LogP contribution in [0.2, 0.25) is 0 Å². The summed E-state index contributed by atoms with van der Waals surface area (Å²) in [7, 11) is 0. The summed E-state index contributed by atoms with van der Waals surface area (Å²) in [5.74, 6) is 0.864. The van der Waals surface area contributed by atoms with Gasteiger partial charge in [-0.25, -0.2) is 0 Å². The summed E-state index contributed by atoms with van der Waals surface area (Å²) < 4.78 is 5.52. The molecule has 0 spiro atoms. The number of nitrogens with one attached hydrogen (secondary N) is 1. The number of hydrogen-bond acceptors (Lipinski definition) is 2. The van der Waals surface area contributed by atoms with E-state index in [0.29, 0.717) is 5.88 Å². The summed E-state index contributed by atoms with van der Waals surface area (Å²) in [4.78, 5) is 12.0. The number of alkyl halides is 1. The summed E-state index contributed by atoms with van der Waals surface area (Å²) in [6, 6.07) is 0. The molecule has 2 atom stereocenters. The molecule has 1 saturated carbocycles. The van der Waals surface area contributed by atoms with Crippen LogP contribution >= 0.6 is 11.6 Å². The summed E-state index contributed by atoms with van der Waals surface area (Å²) in [6.07, 6.45) is 4.19. The van der Waals surface area contributed by atoms with Crippen molar-refractivity contribution in [3.63, 3.8) is 0 Å². The van der Waals surface area contributed by atoms with Gasteiger partial charge >= 0.3 is 0 Å². The molecule has 1 heterocycles. The molecule has 0 aromatic heterocycles. The van der Waals surface area contributed by atoms with E-state index in [1.807, 2.05) is 0 Å². The van der Waals surface area contributed by atoms with E-state index >= 15 is 0 Å². The molecule has 0 bridgehead atoms. The Bertz CT molecular complexity index is 266. The van der Waals surface area contributed by atoms with Gasteiger partial charge in [-0.1, -0.05) is 6.92 Å². The fourth-order valence-corrected chi connectivity index (χ4v) is 2.65. The van der Waals surface area contributed by atoms with Gasteiger partial charge in [-0.2, -0.15) is 0 Å².